The van der Waals surface area contributed by atoms with E-state index in [1.54, 1.807) is 0 Å². The van der Waals surface area contributed by atoms with Gasteiger partial charge < -0.3 is 5.73 Å². The van der Waals surface area contributed by atoms with Crippen LogP contribution in [0.4, 0.5) is 0 Å². The predicted octanol–water partition coefficient (Wildman–Crippen LogP) is 2.19. The van der Waals surface area contributed by atoms with Crippen molar-refractivity contribution in [2.45, 2.75) is 52.0 Å². The monoisotopic (exact) mass is 235 g/mol. The molecule has 2 atom stereocenters. The van der Waals surface area contributed by atoms with Crippen LogP contribution in [0.2, 0.25) is 0 Å². The van der Waals surface area contributed by atoms with Crippen molar-refractivity contribution in [3.63, 3.8) is 0 Å². The molecule has 0 spiro atoms. The molecule has 17 heavy (non-hydrogen) atoms. The van der Waals surface area contributed by atoms with Crippen molar-refractivity contribution >= 4 is 0 Å². The molecule has 0 aliphatic rings. The number of hydrogen-bond acceptors (Lipinski definition) is 3. The Hall–Kier alpha value is -0.900. The first-order valence-electron chi connectivity index (χ1n) is 6.55. The van der Waals surface area contributed by atoms with Gasteiger partial charge >= 0.3 is 0 Å². The number of benzene rings is 1. The van der Waals surface area contributed by atoms with Gasteiger partial charge in [0, 0.05) is 6.54 Å². The summed E-state index contributed by atoms with van der Waals surface area (Å²) in [4.78, 5) is 0. The first kappa shape index (κ1) is 14.2. The first-order chi connectivity index (χ1) is 8.26. The minimum Gasteiger partial charge on any atom is -0.316 e. The third-order valence-electron chi connectivity index (χ3n) is 2.83. The zero-order valence-corrected chi connectivity index (χ0v) is 10.9. The molecule has 0 heterocycles. The van der Waals surface area contributed by atoms with Gasteiger partial charge in [-0.25, -0.2) is 0 Å². The van der Waals surface area contributed by atoms with Gasteiger partial charge in [0.25, 0.3) is 0 Å². The molecule has 1 aromatic rings. The van der Waals surface area contributed by atoms with Crippen molar-refractivity contribution in [3.8, 4) is 0 Å². The van der Waals surface area contributed by atoms with Crippen molar-refractivity contribution in [1.82, 2.24) is 10.6 Å². The Morgan fingerprint density at radius 3 is 2.47 bits per heavy atom. The molecule has 0 amide bonds. The SMILES string of the molecule is CCCC(NCc1ccccc1)NC(N)CC. The predicted molar refractivity (Wildman–Crippen MR) is 73.4 cm³/mol. The van der Waals surface area contributed by atoms with Gasteiger partial charge in [-0.05, 0) is 18.4 Å². The molecule has 0 saturated heterocycles. The first-order valence-corrected chi connectivity index (χ1v) is 6.55. The van der Waals surface area contributed by atoms with Crippen LogP contribution in [0.1, 0.15) is 38.7 Å². The lowest BCUT2D eigenvalue weighted by Gasteiger charge is -2.23. The van der Waals surface area contributed by atoms with E-state index in [4.69, 9.17) is 5.73 Å². The summed E-state index contributed by atoms with van der Waals surface area (Å²) in [6.07, 6.45) is 3.58. The average Bonchev–Trinajstić information content (AvgIpc) is 2.37. The topological polar surface area (TPSA) is 50.1 Å². The summed E-state index contributed by atoms with van der Waals surface area (Å²) in [6.45, 7) is 5.17. The molecule has 0 fully saturated rings. The standard InChI is InChI=1S/C14H25N3/c1-3-8-14(17-13(15)4-2)16-11-12-9-6-5-7-10-12/h5-7,9-10,13-14,16-17H,3-4,8,11,15H2,1-2H3. The highest BCUT2D eigenvalue weighted by Crippen LogP contribution is 2.01. The minimum atomic E-state index is 0.0785. The molecule has 3 nitrogen and oxygen atoms in total. The molecule has 0 aliphatic carbocycles. The maximum atomic E-state index is 5.92. The van der Waals surface area contributed by atoms with Crippen LogP contribution >= 0.6 is 0 Å². The number of hydrogen-bond donors (Lipinski definition) is 3. The highest BCUT2D eigenvalue weighted by Gasteiger charge is 2.09. The normalized spacial score (nSPS) is 14.5. The summed E-state index contributed by atoms with van der Waals surface area (Å²) in [5.74, 6) is 0. The molecular weight excluding hydrogens is 210 g/mol. The lowest BCUT2D eigenvalue weighted by Crippen LogP contribution is -2.50. The lowest BCUT2D eigenvalue weighted by atomic mass is 10.2. The fourth-order valence-corrected chi connectivity index (χ4v) is 1.75. The maximum absolute atomic E-state index is 5.92. The van der Waals surface area contributed by atoms with Crippen LogP contribution in [0.25, 0.3) is 0 Å². The molecule has 3 heteroatoms. The second-order valence-corrected chi connectivity index (χ2v) is 4.39. The minimum absolute atomic E-state index is 0.0785. The Labute approximate surface area is 105 Å². The summed E-state index contributed by atoms with van der Waals surface area (Å²) >= 11 is 0. The summed E-state index contributed by atoms with van der Waals surface area (Å²) in [5, 5.41) is 6.92. The maximum Gasteiger partial charge on any atom is 0.0586 e. The van der Waals surface area contributed by atoms with Crippen molar-refractivity contribution in [3.05, 3.63) is 35.9 Å². The lowest BCUT2D eigenvalue weighted by molar-refractivity contribution is 0.346. The van der Waals surface area contributed by atoms with E-state index in [2.05, 4.69) is 48.7 Å². The Morgan fingerprint density at radius 2 is 1.88 bits per heavy atom. The van der Waals surface area contributed by atoms with E-state index in [1.807, 2.05) is 6.07 Å². The molecule has 0 radical (unpaired) electrons. The van der Waals surface area contributed by atoms with Gasteiger partial charge in [0.15, 0.2) is 0 Å². The quantitative estimate of drug-likeness (QED) is 0.605. The fraction of sp³-hybridized carbons (Fsp3) is 0.571. The molecule has 0 aromatic heterocycles. The molecule has 2 unspecified atom stereocenters. The van der Waals surface area contributed by atoms with Crippen LogP contribution in [-0.2, 0) is 6.54 Å². The highest BCUT2D eigenvalue weighted by atomic mass is 15.2. The molecule has 1 rings (SSSR count). The number of nitrogens with two attached hydrogens (primary N) is 1. The van der Waals surface area contributed by atoms with E-state index >= 15 is 0 Å². The molecule has 4 N–H and O–H groups in total. The van der Waals surface area contributed by atoms with Crippen molar-refractivity contribution < 1.29 is 0 Å². The Kier molecular flexibility index (Phi) is 6.86. The number of rotatable bonds is 8. The van der Waals surface area contributed by atoms with Gasteiger partial charge in [0.2, 0.25) is 0 Å². The second-order valence-electron chi connectivity index (χ2n) is 4.39. The summed E-state index contributed by atoms with van der Waals surface area (Å²) in [5.41, 5.74) is 7.23. The van der Waals surface area contributed by atoms with E-state index in [1.165, 1.54) is 5.56 Å². The third kappa shape index (κ3) is 5.82. The van der Waals surface area contributed by atoms with Crippen LogP contribution in [0.5, 0.6) is 0 Å². The van der Waals surface area contributed by atoms with E-state index in [-0.39, 0.29) is 6.17 Å². The summed E-state index contributed by atoms with van der Waals surface area (Å²) in [7, 11) is 0. The van der Waals surface area contributed by atoms with Gasteiger partial charge in [0.05, 0.1) is 12.3 Å². The second kappa shape index (κ2) is 8.23. The van der Waals surface area contributed by atoms with E-state index in [9.17, 15) is 0 Å². The smallest absolute Gasteiger partial charge is 0.0586 e. The summed E-state index contributed by atoms with van der Waals surface area (Å²) < 4.78 is 0. The Morgan fingerprint density at radius 1 is 1.18 bits per heavy atom. The van der Waals surface area contributed by atoms with Crippen LogP contribution in [0.3, 0.4) is 0 Å². The van der Waals surface area contributed by atoms with Crippen LogP contribution in [-0.4, -0.2) is 12.3 Å². The molecule has 1 aromatic carbocycles. The largest absolute Gasteiger partial charge is 0.316 e. The molecule has 0 aliphatic heterocycles. The third-order valence-corrected chi connectivity index (χ3v) is 2.83. The van der Waals surface area contributed by atoms with Crippen LogP contribution < -0.4 is 16.4 Å². The average molecular weight is 235 g/mol. The van der Waals surface area contributed by atoms with E-state index < -0.39 is 0 Å². The molecule has 96 valence electrons. The zero-order valence-electron chi connectivity index (χ0n) is 10.9. The Balaban J connectivity index is 2.38. The van der Waals surface area contributed by atoms with Crippen molar-refractivity contribution in [2.24, 2.45) is 5.73 Å². The summed E-state index contributed by atoms with van der Waals surface area (Å²) in [6, 6.07) is 10.4. The Bertz CT molecular complexity index is 287. The molecule has 0 saturated carbocycles. The fourth-order valence-electron chi connectivity index (χ4n) is 1.75. The zero-order chi connectivity index (χ0) is 12.5. The van der Waals surface area contributed by atoms with Crippen LogP contribution in [0.15, 0.2) is 30.3 Å². The van der Waals surface area contributed by atoms with Gasteiger partial charge in [0.1, 0.15) is 0 Å². The van der Waals surface area contributed by atoms with Crippen molar-refractivity contribution in [2.75, 3.05) is 0 Å². The van der Waals surface area contributed by atoms with Gasteiger partial charge in [-0.1, -0.05) is 50.6 Å². The molecular formula is C14H25N3. The van der Waals surface area contributed by atoms with Gasteiger partial charge in [-0.15, -0.1) is 0 Å². The van der Waals surface area contributed by atoms with E-state index in [0.717, 1.165) is 25.8 Å². The molecule has 0 bridgehead atoms. The van der Waals surface area contributed by atoms with Gasteiger partial charge in [-0.3, -0.25) is 10.6 Å². The van der Waals surface area contributed by atoms with Crippen molar-refractivity contribution in [1.29, 1.82) is 0 Å². The highest BCUT2D eigenvalue weighted by molar-refractivity contribution is 5.14. The number of nitrogens with one attached hydrogen (secondary N) is 2. The van der Waals surface area contributed by atoms with Gasteiger partial charge in [-0.2, -0.15) is 0 Å². The van der Waals surface area contributed by atoms with E-state index in [0.29, 0.717) is 6.17 Å². The van der Waals surface area contributed by atoms with Crippen LogP contribution in [0, 0.1) is 0 Å².